The summed E-state index contributed by atoms with van der Waals surface area (Å²) in [6.07, 6.45) is 0. The van der Waals surface area contributed by atoms with Crippen molar-refractivity contribution in [2.75, 3.05) is 0 Å². The third-order valence-electron chi connectivity index (χ3n) is 2.20. The molecule has 86 valence electrons. The number of nitrogens with one attached hydrogen (secondary N) is 1. The molecule has 2 N–H and O–H groups in total. The molecule has 1 aromatic rings. The van der Waals surface area contributed by atoms with Crippen molar-refractivity contribution in [3.63, 3.8) is 0 Å². The molecule has 1 atom stereocenters. The van der Waals surface area contributed by atoms with Gasteiger partial charge in [0.2, 0.25) is 5.76 Å². The van der Waals surface area contributed by atoms with Gasteiger partial charge < -0.3 is 9.52 Å². The van der Waals surface area contributed by atoms with Gasteiger partial charge in [-0.2, -0.15) is 5.26 Å². The van der Waals surface area contributed by atoms with Crippen molar-refractivity contribution in [1.82, 2.24) is 5.32 Å². The van der Waals surface area contributed by atoms with Gasteiger partial charge >= 0.3 is 5.97 Å². The number of carbonyl (C=O) groups is 1. The summed E-state index contributed by atoms with van der Waals surface area (Å²) in [7, 11) is 0. The fourth-order valence-electron chi connectivity index (χ4n) is 1.35. The standard InChI is InChI=1S/C11H14N2O3/c1-7(2)10(11(14)15)13-6-9-4-3-8(5-12)16-9/h3-4,7,10,13H,6H2,1-2H3,(H,14,15). The lowest BCUT2D eigenvalue weighted by Gasteiger charge is -2.16. The van der Waals surface area contributed by atoms with Crippen LogP contribution in [0.2, 0.25) is 0 Å². The zero-order valence-corrected chi connectivity index (χ0v) is 9.23. The molecular weight excluding hydrogens is 208 g/mol. The first-order valence-electron chi connectivity index (χ1n) is 4.99. The molecule has 1 rings (SSSR count). The number of furan rings is 1. The molecule has 0 saturated carbocycles. The van der Waals surface area contributed by atoms with E-state index in [-0.39, 0.29) is 11.7 Å². The Kier molecular flexibility index (Phi) is 4.09. The summed E-state index contributed by atoms with van der Waals surface area (Å²) >= 11 is 0. The molecule has 0 saturated heterocycles. The number of rotatable bonds is 5. The average molecular weight is 222 g/mol. The third kappa shape index (κ3) is 3.11. The monoisotopic (exact) mass is 222 g/mol. The van der Waals surface area contributed by atoms with E-state index in [1.807, 2.05) is 19.9 Å². The van der Waals surface area contributed by atoms with Crippen LogP contribution in [0.15, 0.2) is 16.5 Å². The Hall–Kier alpha value is -1.80. The first kappa shape index (κ1) is 12.3. The molecule has 1 aromatic heterocycles. The molecular formula is C11H14N2O3. The second kappa shape index (κ2) is 5.33. The minimum Gasteiger partial charge on any atom is -0.480 e. The highest BCUT2D eigenvalue weighted by Crippen LogP contribution is 2.08. The van der Waals surface area contributed by atoms with Crippen LogP contribution >= 0.6 is 0 Å². The minimum atomic E-state index is -0.887. The second-order valence-electron chi connectivity index (χ2n) is 3.82. The van der Waals surface area contributed by atoms with Crippen LogP contribution in [0.5, 0.6) is 0 Å². The van der Waals surface area contributed by atoms with Crippen molar-refractivity contribution in [1.29, 1.82) is 5.26 Å². The summed E-state index contributed by atoms with van der Waals surface area (Å²) in [6.45, 7) is 3.96. The molecule has 0 aliphatic heterocycles. The molecule has 0 fully saturated rings. The first-order chi connectivity index (χ1) is 7.54. The zero-order chi connectivity index (χ0) is 12.1. The van der Waals surface area contributed by atoms with Gasteiger partial charge in [-0.15, -0.1) is 0 Å². The Morgan fingerprint density at radius 2 is 2.31 bits per heavy atom. The van der Waals surface area contributed by atoms with E-state index in [1.54, 1.807) is 12.1 Å². The molecule has 0 spiro atoms. The van der Waals surface area contributed by atoms with Crippen LogP contribution in [0.4, 0.5) is 0 Å². The van der Waals surface area contributed by atoms with Gasteiger partial charge in [-0.3, -0.25) is 10.1 Å². The van der Waals surface area contributed by atoms with Gasteiger partial charge in [0.15, 0.2) is 0 Å². The first-order valence-corrected chi connectivity index (χ1v) is 4.99. The van der Waals surface area contributed by atoms with E-state index >= 15 is 0 Å². The molecule has 0 bridgehead atoms. The molecule has 0 aliphatic carbocycles. The van der Waals surface area contributed by atoms with Gasteiger partial charge in [0.25, 0.3) is 0 Å². The van der Waals surface area contributed by atoms with Crippen LogP contribution in [0.3, 0.4) is 0 Å². The number of hydrogen-bond donors (Lipinski definition) is 2. The Labute approximate surface area is 93.7 Å². The predicted octanol–water partition coefficient (Wildman–Crippen LogP) is 1.35. The summed E-state index contributed by atoms with van der Waals surface area (Å²) in [5.41, 5.74) is 0. The van der Waals surface area contributed by atoms with Crippen LogP contribution in [-0.4, -0.2) is 17.1 Å². The topological polar surface area (TPSA) is 86.3 Å². The van der Waals surface area contributed by atoms with Gasteiger partial charge in [0.05, 0.1) is 6.54 Å². The maximum Gasteiger partial charge on any atom is 0.320 e. The van der Waals surface area contributed by atoms with E-state index < -0.39 is 12.0 Å². The van der Waals surface area contributed by atoms with Crippen molar-refractivity contribution in [3.05, 3.63) is 23.7 Å². The molecule has 0 aromatic carbocycles. The summed E-state index contributed by atoms with van der Waals surface area (Å²) in [5.74, 6) is -0.110. The lowest BCUT2D eigenvalue weighted by atomic mass is 10.1. The number of hydrogen-bond acceptors (Lipinski definition) is 4. The van der Waals surface area contributed by atoms with Crippen molar-refractivity contribution in [3.8, 4) is 6.07 Å². The average Bonchev–Trinajstić information content (AvgIpc) is 2.65. The third-order valence-corrected chi connectivity index (χ3v) is 2.20. The number of aliphatic carboxylic acids is 1. The van der Waals surface area contributed by atoms with Crippen LogP contribution in [0.25, 0.3) is 0 Å². The highest BCUT2D eigenvalue weighted by atomic mass is 16.4. The molecule has 5 nitrogen and oxygen atoms in total. The normalized spacial score (nSPS) is 12.4. The molecule has 5 heteroatoms. The molecule has 0 aliphatic rings. The van der Waals surface area contributed by atoms with Gasteiger partial charge in [-0.1, -0.05) is 13.8 Å². The van der Waals surface area contributed by atoms with Crippen molar-refractivity contribution in [2.45, 2.75) is 26.4 Å². The van der Waals surface area contributed by atoms with Gasteiger partial charge in [-0.05, 0) is 18.1 Å². The smallest absolute Gasteiger partial charge is 0.320 e. The number of carboxylic acid groups (broad SMARTS) is 1. The molecule has 0 amide bonds. The number of nitrogens with zero attached hydrogens (tertiary/aromatic N) is 1. The largest absolute Gasteiger partial charge is 0.480 e. The SMILES string of the molecule is CC(C)C(NCc1ccc(C#N)o1)C(=O)O. The zero-order valence-electron chi connectivity index (χ0n) is 9.23. The highest BCUT2D eigenvalue weighted by molar-refractivity contribution is 5.73. The van der Waals surface area contributed by atoms with E-state index in [2.05, 4.69) is 5.32 Å². The summed E-state index contributed by atoms with van der Waals surface area (Å²) < 4.78 is 5.13. The second-order valence-corrected chi connectivity index (χ2v) is 3.82. The molecule has 0 radical (unpaired) electrons. The fraction of sp³-hybridized carbons (Fsp3) is 0.455. The van der Waals surface area contributed by atoms with E-state index in [1.165, 1.54) is 0 Å². The lowest BCUT2D eigenvalue weighted by Crippen LogP contribution is -2.40. The van der Waals surface area contributed by atoms with Crippen LogP contribution < -0.4 is 5.32 Å². The van der Waals surface area contributed by atoms with Gasteiger partial charge in [0.1, 0.15) is 17.9 Å². The minimum absolute atomic E-state index is 0.0112. The van der Waals surface area contributed by atoms with E-state index in [0.717, 1.165) is 0 Å². The van der Waals surface area contributed by atoms with E-state index in [0.29, 0.717) is 12.3 Å². The highest BCUT2D eigenvalue weighted by Gasteiger charge is 2.20. The van der Waals surface area contributed by atoms with Crippen molar-refractivity contribution < 1.29 is 14.3 Å². The lowest BCUT2D eigenvalue weighted by molar-refractivity contribution is -0.140. The summed E-state index contributed by atoms with van der Waals surface area (Å²) in [6, 6.07) is 4.47. The van der Waals surface area contributed by atoms with E-state index in [9.17, 15) is 4.79 Å². The van der Waals surface area contributed by atoms with Crippen molar-refractivity contribution in [2.24, 2.45) is 5.92 Å². The molecule has 1 heterocycles. The van der Waals surface area contributed by atoms with E-state index in [4.69, 9.17) is 14.8 Å². The Bertz CT molecular complexity index is 404. The van der Waals surface area contributed by atoms with Gasteiger partial charge in [-0.25, -0.2) is 0 Å². The Balaban J connectivity index is 2.56. The van der Waals surface area contributed by atoms with Crippen LogP contribution in [-0.2, 0) is 11.3 Å². The summed E-state index contributed by atoms with van der Waals surface area (Å²) in [4.78, 5) is 10.9. The van der Waals surface area contributed by atoms with Gasteiger partial charge in [0, 0.05) is 0 Å². The maximum absolute atomic E-state index is 10.9. The Morgan fingerprint density at radius 1 is 1.62 bits per heavy atom. The summed E-state index contributed by atoms with van der Waals surface area (Å²) in [5, 5.41) is 20.3. The van der Waals surface area contributed by atoms with Crippen LogP contribution in [0.1, 0.15) is 25.4 Å². The molecule has 1 unspecified atom stereocenters. The quantitative estimate of drug-likeness (QED) is 0.785. The van der Waals surface area contributed by atoms with Crippen LogP contribution in [0, 0.1) is 17.2 Å². The predicted molar refractivity (Wildman–Crippen MR) is 56.5 cm³/mol. The fourth-order valence-corrected chi connectivity index (χ4v) is 1.35. The molecule has 16 heavy (non-hydrogen) atoms. The number of carboxylic acids is 1. The maximum atomic E-state index is 10.9. The van der Waals surface area contributed by atoms with Crippen molar-refractivity contribution >= 4 is 5.97 Å². The number of nitriles is 1. The Morgan fingerprint density at radius 3 is 2.75 bits per heavy atom.